The summed E-state index contributed by atoms with van der Waals surface area (Å²) in [4.78, 5) is 56.5. The lowest BCUT2D eigenvalue weighted by atomic mass is 9.90. The first-order chi connectivity index (χ1) is 23.6. The summed E-state index contributed by atoms with van der Waals surface area (Å²) < 4.78 is 19.7. The molecule has 260 valence electrons. The van der Waals surface area contributed by atoms with Crippen LogP contribution in [0.15, 0.2) is 72.3 Å². The van der Waals surface area contributed by atoms with Gasteiger partial charge in [0, 0.05) is 64.0 Å². The van der Waals surface area contributed by atoms with Crippen LogP contribution in [-0.2, 0) is 35.0 Å². The molecule has 1 heterocycles. The van der Waals surface area contributed by atoms with E-state index in [1.165, 1.54) is 15.9 Å². The Kier molecular flexibility index (Phi) is 10.3. The number of rotatable bonds is 13. The number of nitrogens with one attached hydrogen (secondary N) is 1. The van der Waals surface area contributed by atoms with Crippen molar-refractivity contribution in [2.75, 3.05) is 34.3 Å². The molecule has 4 unspecified atom stereocenters. The summed E-state index contributed by atoms with van der Waals surface area (Å²) in [6.07, 6.45) is 7.01. The van der Waals surface area contributed by atoms with E-state index < -0.39 is 36.1 Å². The van der Waals surface area contributed by atoms with Crippen molar-refractivity contribution in [1.82, 2.24) is 15.1 Å². The summed E-state index contributed by atoms with van der Waals surface area (Å²) in [6.45, 7) is -0.166. The largest absolute Gasteiger partial charge is 0.456 e. The van der Waals surface area contributed by atoms with Gasteiger partial charge in [-0.2, -0.15) is 0 Å². The topological polar surface area (TPSA) is 135 Å². The fourth-order valence-electron chi connectivity index (χ4n) is 6.81. The zero-order valence-electron chi connectivity index (χ0n) is 28.2. The van der Waals surface area contributed by atoms with Crippen molar-refractivity contribution in [3.63, 3.8) is 0 Å². The van der Waals surface area contributed by atoms with Gasteiger partial charge in [-0.3, -0.25) is 14.4 Å². The van der Waals surface area contributed by atoms with Gasteiger partial charge in [0.05, 0.1) is 12.2 Å². The maximum atomic E-state index is 14.3. The van der Waals surface area contributed by atoms with Gasteiger partial charge in [-0.1, -0.05) is 48.5 Å². The number of esters is 1. The number of hydrogen-bond donors (Lipinski definition) is 2. The smallest absolute Gasteiger partial charge is 0.339 e. The van der Waals surface area contributed by atoms with Gasteiger partial charge in [0.2, 0.25) is 17.7 Å². The van der Waals surface area contributed by atoms with E-state index in [0.717, 1.165) is 31.2 Å². The van der Waals surface area contributed by atoms with E-state index in [9.17, 15) is 24.3 Å². The molecule has 2 aromatic rings. The van der Waals surface area contributed by atoms with Gasteiger partial charge in [0.25, 0.3) is 0 Å². The van der Waals surface area contributed by atoms with Crippen molar-refractivity contribution >= 4 is 29.8 Å². The summed E-state index contributed by atoms with van der Waals surface area (Å²) in [5, 5.41) is 12.1. The number of nitrogens with zero attached hydrogens (tertiary/aromatic N) is 2. The average molecular weight is 672 g/mol. The van der Waals surface area contributed by atoms with Crippen molar-refractivity contribution in [2.24, 2.45) is 11.8 Å². The SMILES string of the molecule is CN(C)C(=O)C=Cc1ccccc1C(=O)OC1CC(C(=O)N(C)C(Cc2ccccc2)C(=O)NCCO)=CC2OC(C3CC3)(C3CC3)OC21. The number of amides is 3. The van der Waals surface area contributed by atoms with E-state index in [4.69, 9.17) is 14.2 Å². The maximum absolute atomic E-state index is 14.3. The molecule has 0 radical (unpaired) electrons. The summed E-state index contributed by atoms with van der Waals surface area (Å²) in [5.41, 5.74) is 2.04. The zero-order chi connectivity index (χ0) is 34.7. The van der Waals surface area contributed by atoms with Crippen LogP contribution in [0.4, 0.5) is 0 Å². The summed E-state index contributed by atoms with van der Waals surface area (Å²) in [7, 11) is 4.88. The highest BCUT2D eigenvalue weighted by molar-refractivity contribution is 5.98. The minimum absolute atomic E-state index is 0.0617. The third kappa shape index (κ3) is 7.64. The Hall–Kier alpha value is -4.32. The number of hydrogen-bond acceptors (Lipinski definition) is 8. The second kappa shape index (κ2) is 14.7. The number of ether oxygens (including phenoxy) is 3. The van der Waals surface area contributed by atoms with Gasteiger partial charge in [-0.15, -0.1) is 0 Å². The molecule has 49 heavy (non-hydrogen) atoms. The number of likely N-dealkylation sites (N-methyl/N-ethyl adjacent to an activating group) is 2. The van der Waals surface area contributed by atoms with Crippen LogP contribution in [0.2, 0.25) is 0 Å². The molecule has 6 rings (SSSR count). The van der Waals surface area contributed by atoms with E-state index in [2.05, 4.69) is 5.32 Å². The molecule has 1 aliphatic heterocycles. The van der Waals surface area contributed by atoms with Crippen LogP contribution in [0.25, 0.3) is 6.08 Å². The van der Waals surface area contributed by atoms with E-state index in [1.807, 2.05) is 30.3 Å². The Morgan fingerprint density at radius 2 is 1.65 bits per heavy atom. The van der Waals surface area contributed by atoms with Crippen LogP contribution in [0.5, 0.6) is 0 Å². The van der Waals surface area contributed by atoms with Crippen LogP contribution in [0.3, 0.4) is 0 Å². The fraction of sp³-hybridized carbons (Fsp3) is 0.474. The quantitative estimate of drug-likeness (QED) is 0.245. The Bertz CT molecular complexity index is 1600. The lowest BCUT2D eigenvalue weighted by Crippen LogP contribution is -2.51. The van der Waals surface area contributed by atoms with E-state index in [0.29, 0.717) is 11.1 Å². The minimum Gasteiger partial charge on any atom is -0.456 e. The van der Waals surface area contributed by atoms with Crippen LogP contribution in [0.1, 0.15) is 53.6 Å². The first-order valence-electron chi connectivity index (χ1n) is 17.1. The van der Waals surface area contributed by atoms with Gasteiger partial charge in [-0.25, -0.2) is 4.79 Å². The number of fused-ring (bicyclic) bond motifs is 1. The van der Waals surface area contributed by atoms with Gasteiger partial charge >= 0.3 is 5.97 Å². The Morgan fingerprint density at radius 1 is 0.980 bits per heavy atom. The maximum Gasteiger partial charge on any atom is 0.339 e. The van der Waals surface area contributed by atoms with E-state index in [-0.39, 0.29) is 61.1 Å². The standard InChI is InChI=1S/C38H45N3O8/c1-40(2)33(43)18-13-25-11-7-8-12-29(25)37(46)47-31-22-26(23-32-34(31)49-38(48-32,27-14-15-27)28-16-17-28)36(45)41(3)30(35(44)39-19-20-42)21-24-9-5-4-6-10-24/h4-13,18,23,27-28,30-32,34,42H,14-17,19-22H2,1-3H3,(H,39,44). The molecule has 3 aliphatic carbocycles. The third-order valence-electron chi connectivity index (χ3n) is 9.74. The molecule has 0 spiro atoms. The number of carbonyl (C=O) groups excluding carboxylic acids is 4. The number of aliphatic hydroxyl groups is 1. The molecule has 2 aromatic carbocycles. The van der Waals surface area contributed by atoms with Gasteiger partial charge in [0.1, 0.15) is 24.4 Å². The molecule has 4 atom stereocenters. The molecule has 2 saturated carbocycles. The molecule has 3 amide bonds. The molecule has 0 aromatic heterocycles. The predicted molar refractivity (Wildman–Crippen MR) is 181 cm³/mol. The molecule has 4 aliphatic rings. The minimum atomic E-state index is -0.859. The van der Waals surface area contributed by atoms with Gasteiger partial charge < -0.3 is 34.4 Å². The fourth-order valence-corrected chi connectivity index (χ4v) is 6.81. The molecule has 0 bridgehead atoms. The summed E-state index contributed by atoms with van der Waals surface area (Å²) in [5.74, 6) is -1.86. The normalized spacial score (nSPS) is 23.3. The number of carbonyl (C=O) groups is 4. The number of aliphatic hydroxyl groups excluding tert-OH is 1. The molecule has 2 N–H and O–H groups in total. The number of benzene rings is 2. The molecule has 11 nitrogen and oxygen atoms in total. The lowest BCUT2D eigenvalue weighted by Gasteiger charge is -2.33. The van der Waals surface area contributed by atoms with E-state index in [1.54, 1.807) is 57.6 Å². The molecule has 1 saturated heterocycles. The Balaban J connectivity index is 1.28. The molecular formula is C38H45N3O8. The zero-order valence-corrected chi connectivity index (χ0v) is 28.2. The van der Waals surface area contributed by atoms with Gasteiger partial charge in [-0.05, 0) is 55.0 Å². The molecular weight excluding hydrogens is 626 g/mol. The first kappa shape index (κ1) is 34.5. The molecule has 3 fully saturated rings. The average Bonchev–Trinajstić information content (AvgIpc) is 4.06. The lowest BCUT2D eigenvalue weighted by molar-refractivity contribution is -0.209. The third-order valence-corrected chi connectivity index (χ3v) is 9.74. The highest BCUT2D eigenvalue weighted by Gasteiger charge is 2.64. The summed E-state index contributed by atoms with van der Waals surface area (Å²) in [6, 6.07) is 15.4. The second-order valence-corrected chi connectivity index (χ2v) is 13.6. The van der Waals surface area contributed by atoms with Crippen LogP contribution < -0.4 is 5.32 Å². The van der Waals surface area contributed by atoms with Crippen molar-refractivity contribution in [1.29, 1.82) is 0 Å². The van der Waals surface area contributed by atoms with Crippen molar-refractivity contribution in [2.45, 2.75) is 68.7 Å². The van der Waals surface area contributed by atoms with E-state index >= 15 is 0 Å². The monoisotopic (exact) mass is 671 g/mol. The summed E-state index contributed by atoms with van der Waals surface area (Å²) >= 11 is 0. The van der Waals surface area contributed by atoms with Crippen molar-refractivity contribution in [3.05, 3.63) is 89.0 Å². The Labute approximate surface area is 286 Å². The predicted octanol–water partition coefficient (Wildman–Crippen LogP) is 3.12. The van der Waals surface area contributed by atoms with Crippen LogP contribution in [0, 0.1) is 11.8 Å². The molecule has 11 heteroatoms. The highest BCUT2D eigenvalue weighted by Crippen LogP contribution is 2.59. The van der Waals surface area contributed by atoms with Crippen LogP contribution in [-0.4, -0.2) is 103 Å². The van der Waals surface area contributed by atoms with Crippen molar-refractivity contribution in [3.8, 4) is 0 Å². The Morgan fingerprint density at radius 3 is 2.31 bits per heavy atom. The second-order valence-electron chi connectivity index (χ2n) is 13.6. The van der Waals surface area contributed by atoms with Crippen molar-refractivity contribution < 1.29 is 38.5 Å². The first-order valence-corrected chi connectivity index (χ1v) is 17.1. The van der Waals surface area contributed by atoms with Gasteiger partial charge in [0.15, 0.2) is 5.79 Å². The van der Waals surface area contributed by atoms with Crippen LogP contribution >= 0.6 is 0 Å². The highest BCUT2D eigenvalue weighted by atomic mass is 16.8.